The van der Waals surface area contributed by atoms with Gasteiger partial charge in [-0.3, -0.25) is 0 Å². The van der Waals surface area contributed by atoms with Gasteiger partial charge in [0.05, 0.1) is 0 Å². The van der Waals surface area contributed by atoms with Crippen LogP contribution < -0.4 is 0 Å². The molecule has 0 bridgehead atoms. The molecular formula is C6H15NO. The summed E-state index contributed by atoms with van der Waals surface area (Å²) < 4.78 is 4.87. The van der Waals surface area contributed by atoms with Crippen LogP contribution in [-0.4, -0.2) is 39.3 Å². The Morgan fingerprint density at radius 2 is 2.00 bits per heavy atom. The van der Waals surface area contributed by atoms with Crippen LogP contribution in [0, 0.1) is 0 Å². The van der Waals surface area contributed by atoms with Gasteiger partial charge in [-0.2, -0.15) is 0 Å². The molecule has 0 amide bonds. The van der Waals surface area contributed by atoms with Crippen molar-refractivity contribution >= 4 is 0 Å². The van der Waals surface area contributed by atoms with Crippen LogP contribution in [0.1, 0.15) is 6.42 Å². The van der Waals surface area contributed by atoms with E-state index < -0.39 is 0 Å². The number of nitrogens with zero attached hydrogens (tertiary/aromatic N) is 1. The van der Waals surface area contributed by atoms with Crippen LogP contribution >= 0.6 is 0 Å². The third-order valence-electron chi connectivity index (χ3n) is 0.954. The van der Waals surface area contributed by atoms with Crippen LogP contribution in [-0.2, 0) is 4.74 Å². The predicted molar refractivity (Wildman–Crippen MR) is 35.0 cm³/mol. The zero-order valence-electron chi connectivity index (χ0n) is 5.98. The molecule has 0 aliphatic rings. The standard InChI is InChI=1S/C6H15NO/c1-7(2)5-4-6-8-3/h4-6H2,1-3H3. The van der Waals surface area contributed by atoms with Gasteiger partial charge in [0.1, 0.15) is 0 Å². The van der Waals surface area contributed by atoms with Crippen LogP contribution in [0.4, 0.5) is 0 Å². The molecule has 50 valence electrons. The van der Waals surface area contributed by atoms with Crippen LogP contribution in [0.2, 0.25) is 0 Å². The van der Waals surface area contributed by atoms with E-state index in [1.165, 1.54) is 0 Å². The van der Waals surface area contributed by atoms with E-state index in [-0.39, 0.29) is 0 Å². The maximum absolute atomic E-state index is 4.87. The molecule has 2 heteroatoms. The van der Waals surface area contributed by atoms with Gasteiger partial charge in [0.25, 0.3) is 0 Å². The molecule has 0 heterocycles. The zero-order chi connectivity index (χ0) is 6.41. The van der Waals surface area contributed by atoms with E-state index in [0.717, 1.165) is 19.6 Å². The first kappa shape index (κ1) is 7.92. The highest BCUT2D eigenvalue weighted by molar-refractivity contribution is 4.40. The fourth-order valence-electron chi connectivity index (χ4n) is 0.525. The molecule has 0 N–H and O–H groups in total. The second kappa shape index (κ2) is 5.06. The monoisotopic (exact) mass is 117 g/mol. The van der Waals surface area contributed by atoms with Crippen LogP contribution in [0.15, 0.2) is 0 Å². The largest absolute Gasteiger partial charge is 0.385 e. The van der Waals surface area contributed by atoms with Crippen molar-refractivity contribution in [3.05, 3.63) is 0 Å². The zero-order valence-corrected chi connectivity index (χ0v) is 5.98. The Morgan fingerprint density at radius 3 is 2.38 bits per heavy atom. The molecule has 0 aromatic heterocycles. The number of methoxy groups -OCH3 is 1. The predicted octanol–water partition coefficient (Wildman–Crippen LogP) is 0.585. The Bertz CT molecular complexity index is 45.8. The summed E-state index contributed by atoms with van der Waals surface area (Å²) in [5.74, 6) is 0. The number of hydrogen-bond donors (Lipinski definition) is 0. The van der Waals surface area contributed by atoms with Gasteiger partial charge < -0.3 is 9.64 Å². The van der Waals surface area contributed by atoms with Gasteiger partial charge >= 0.3 is 0 Å². The number of rotatable bonds is 4. The highest BCUT2D eigenvalue weighted by atomic mass is 16.5. The fourth-order valence-corrected chi connectivity index (χ4v) is 0.525. The first-order chi connectivity index (χ1) is 3.77. The van der Waals surface area contributed by atoms with E-state index in [1.807, 2.05) is 0 Å². The number of hydrogen-bond acceptors (Lipinski definition) is 2. The molecule has 0 spiro atoms. The molecule has 0 saturated heterocycles. The van der Waals surface area contributed by atoms with Crippen molar-refractivity contribution in [3.8, 4) is 0 Å². The van der Waals surface area contributed by atoms with E-state index >= 15 is 0 Å². The highest BCUT2D eigenvalue weighted by Crippen LogP contribution is 1.81. The van der Waals surface area contributed by atoms with Crippen molar-refractivity contribution in [1.29, 1.82) is 0 Å². The lowest BCUT2D eigenvalue weighted by molar-refractivity contribution is 0.184. The Kier molecular flexibility index (Phi) is 5.01. The maximum Gasteiger partial charge on any atom is 0.0474 e. The van der Waals surface area contributed by atoms with E-state index in [1.54, 1.807) is 7.11 Å². The van der Waals surface area contributed by atoms with Crippen molar-refractivity contribution in [2.75, 3.05) is 34.4 Å². The summed E-state index contributed by atoms with van der Waals surface area (Å²) in [6.07, 6.45) is 1.13. The molecule has 2 nitrogen and oxygen atoms in total. The van der Waals surface area contributed by atoms with E-state index in [4.69, 9.17) is 4.74 Å². The topological polar surface area (TPSA) is 12.5 Å². The minimum absolute atomic E-state index is 0.873. The molecule has 8 heavy (non-hydrogen) atoms. The molecule has 0 saturated carbocycles. The molecule has 0 fully saturated rings. The van der Waals surface area contributed by atoms with Gasteiger partial charge in [0.15, 0.2) is 0 Å². The van der Waals surface area contributed by atoms with E-state index in [9.17, 15) is 0 Å². The molecule has 0 unspecified atom stereocenters. The Labute approximate surface area is 51.4 Å². The van der Waals surface area contributed by atoms with Crippen molar-refractivity contribution in [3.63, 3.8) is 0 Å². The molecule has 0 aromatic rings. The lowest BCUT2D eigenvalue weighted by atomic mass is 10.4. The molecule has 0 atom stereocenters. The van der Waals surface area contributed by atoms with E-state index in [0.29, 0.717) is 0 Å². The van der Waals surface area contributed by atoms with Gasteiger partial charge in [-0.15, -0.1) is 0 Å². The van der Waals surface area contributed by atoms with Crippen LogP contribution in [0.3, 0.4) is 0 Å². The first-order valence-corrected chi connectivity index (χ1v) is 2.91. The summed E-state index contributed by atoms with van der Waals surface area (Å²) in [5.41, 5.74) is 0. The first-order valence-electron chi connectivity index (χ1n) is 2.91. The average molecular weight is 117 g/mol. The summed E-state index contributed by atoms with van der Waals surface area (Å²) in [7, 11) is 5.86. The third-order valence-corrected chi connectivity index (χ3v) is 0.954. The Balaban J connectivity index is 2.72. The lowest BCUT2D eigenvalue weighted by Gasteiger charge is -2.07. The lowest BCUT2D eigenvalue weighted by Crippen LogP contribution is -2.14. The highest BCUT2D eigenvalue weighted by Gasteiger charge is 1.86. The normalized spacial score (nSPS) is 10.5. The molecule has 0 radical (unpaired) electrons. The SMILES string of the molecule is COCCCN(C)C. The molecular weight excluding hydrogens is 102 g/mol. The summed E-state index contributed by atoms with van der Waals surface area (Å²) >= 11 is 0. The van der Waals surface area contributed by atoms with Gasteiger partial charge in [-0.05, 0) is 27.1 Å². The second-order valence-electron chi connectivity index (χ2n) is 2.15. The van der Waals surface area contributed by atoms with Gasteiger partial charge in [0.2, 0.25) is 0 Å². The fraction of sp³-hybridized carbons (Fsp3) is 1.00. The Hall–Kier alpha value is -0.0800. The second-order valence-corrected chi connectivity index (χ2v) is 2.15. The van der Waals surface area contributed by atoms with Gasteiger partial charge in [-0.25, -0.2) is 0 Å². The quantitative estimate of drug-likeness (QED) is 0.499. The smallest absolute Gasteiger partial charge is 0.0474 e. The third kappa shape index (κ3) is 5.92. The van der Waals surface area contributed by atoms with Crippen molar-refractivity contribution in [1.82, 2.24) is 4.90 Å². The molecule has 0 rings (SSSR count). The summed E-state index contributed by atoms with van der Waals surface area (Å²) in [6, 6.07) is 0. The maximum atomic E-state index is 4.87. The van der Waals surface area contributed by atoms with Gasteiger partial charge in [-0.1, -0.05) is 0 Å². The minimum Gasteiger partial charge on any atom is -0.385 e. The van der Waals surface area contributed by atoms with Gasteiger partial charge in [0, 0.05) is 13.7 Å². The summed E-state index contributed by atoms with van der Waals surface area (Å²) in [4.78, 5) is 2.15. The molecule has 0 aromatic carbocycles. The van der Waals surface area contributed by atoms with Crippen molar-refractivity contribution < 1.29 is 4.74 Å². The van der Waals surface area contributed by atoms with Crippen molar-refractivity contribution in [2.45, 2.75) is 6.42 Å². The molecule has 0 aliphatic heterocycles. The van der Waals surface area contributed by atoms with E-state index in [2.05, 4.69) is 19.0 Å². The Morgan fingerprint density at radius 1 is 1.38 bits per heavy atom. The number of ether oxygens (including phenoxy) is 1. The molecule has 0 aliphatic carbocycles. The minimum atomic E-state index is 0.873. The van der Waals surface area contributed by atoms with Crippen molar-refractivity contribution in [2.24, 2.45) is 0 Å². The summed E-state index contributed by atoms with van der Waals surface area (Å²) in [6.45, 7) is 1.99. The van der Waals surface area contributed by atoms with Crippen LogP contribution in [0.25, 0.3) is 0 Å². The van der Waals surface area contributed by atoms with Crippen LogP contribution in [0.5, 0.6) is 0 Å². The summed E-state index contributed by atoms with van der Waals surface area (Å²) in [5, 5.41) is 0. The average Bonchev–Trinajstić information content (AvgIpc) is 1.66.